The van der Waals surface area contributed by atoms with Gasteiger partial charge in [-0.2, -0.15) is 0 Å². The maximum Gasteiger partial charge on any atom is 0.274 e. The fourth-order valence-corrected chi connectivity index (χ4v) is 3.04. The number of carbonyl (C=O) groups excluding carboxylic acids is 1. The number of aromatic nitrogens is 1. The zero-order valence-electron chi connectivity index (χ0n) is 14.4. The summed E-state index contributed by atoms with van der Waals surface area (Å²) in [5.41, 5.74) is 0.948. The molecule has 0 unspecified atom stereocenters. The number of aryl methyl sites for hydroxylation is 1. The Kier molecular flexibility index (Phi) is 5.60. The fraction of sp³-hybridized carbons (Fsp3) is 0.444. The quantitative estimate of drug-likeness (QED) is 0.884. The van der Waals surface area contributed by atoms with Crippen LogP contribution in [0, 0.1) is 6.92 Å². The summed E-state index contributed by atoms with van der Waals surface area (Å²) >= 11 is 5.96. The van der Waals surface area contributed by atoms with E-state index in [2.05, 4.69) is 22.4 Å². The van der Waals surface area contributed by atoms with Crippen molar-refractivity contribution in [2.45, 2.75) is 32.4 Å². The molecule has 1 N–H and O–H groups in total. The molecule has 0 aliphatic carbocycles. The lowest BCUT2D eigenvalue weighted by Crippen LogP contribution is -2.43. The van der Waals surface area contributed by atoms with E-state index in [-0.39, 0.29) is 18.6 Å². The molecule has 1 aromatic heterocycles. The van der Waals surface area contributed by atoms with Crippen molar-refractivity contribution >= 4 is 17.5 Å². The van der Waals surface area contributed by atoms with E-state index in [1.165, 1.54) is 0 Å². The molecule has 1 amide bonds. The van der Waals surface area contributed by atoms with Crippen molar-refractivity contribution in [3.05, 3.63) is 46.3 Å². The van der Waals surface area contributed by atoms with E-state index in [4.69, 9.17) is 20.9 Å². The third kappa shape index (κ3) is 4.52. The SMILES string of the molecule is Cc1onc(C(=O)NC2CCN(C)CC2)c1COc1cccc(Cl)c1. The molecule has 0 radical (unpaired) electrons. The molecular formula is C18H22ClN3O3. The Morgan fingerprint density at radius 3 is 2.92 bits per heavy atom. The van der Waals surface area contributed by atoms with Gasteiger partial charge in [0.05, 0.1) is 5.56 Å². The van der Waals surface area contributed by atoms with E-state index in [1.54, 1.807) is 19.1 Å². The number of hydrogen-bond donors (Lipinski definition) is 1. The maximum absolute atomic E-state index is 12.6. The summed E-state index contributed by atoms with van der Waals surface area (Å²) in [5, 5.41) is 7.57. The number of halogens is 1. The molecule has 1 aliphatic heterocycles. The molecule has 3 rings (SSSR count). The highest BCUT2D eigenvalue weighted by atomic mass is 35.5. The smallest absolute Gasteiger partial charge is 0.274 e. The molecule has 2 heterocycles. The highest BCUT2D eigenvalue weighted by molar-refractivity contribution is 6.30. The van der Waals surface area contributed by atoms with Crippen LogP contribution in [-0.2, 0) is 6.61 Å². The second-order valence-electron chi connectivity index (χ2n) is 6.36. The number of hydrogen-bond acceptors (Lipinski definition) is 5. The highest BCUT2D eigenvalue weighted by Crippen LogP contribution is 2.21. The molecule has 1 fully saturated rings. The van der Waals surface area contributed by atoms with Crippen LogP contribution in [0.25, 0.3) is 0 Å². The van der Waals surface area contributed by atoms with Crippen LogP contribution >= 0.6 is 11.6 Å². The molecule has 0 saturated carbocycles. The summed E-state index contributed by atoms with van der Waals surface area (Å²) in [6.45, 7) is 3.93. The lowest BCUT2D eigenvalue weighted by atomic mass is 10.1. The molecule has 0 spiro atoms. The molecule has 1 aromatic carbocycles. The lowest BCUT2D eigenvalue weighted by Gasteiger charge is -2.29. The number of piperidine rings is 1. The Labute approximate surface area is 152 Å². The van der Waals surface area contributed by atoms with E-state index in [0.717, 1.165) is 25.9 Å². The second kappa shape index (κ2) is 7.89. The van der Waals surface area contributed by atoms with Crippen LogP contribution in [0.1, 0.15) is 34.7 Å². The van der Waals surface area contributed by atoms with Crippen molar-refractivity contribution in [3.8, 4) is 5.75 Å². The predicted molar refractivity (Wildman–Crippen MR) is 95.0 cm³/mol. The lowest BCUT2D eigenvalue weighted by molar-refractivity contribution is 0.0905. The Hall–Kier alpha value is -2.05. The highest BCUT2D eigenvalue weighted by Gasteiger charge is 2.24. The van der Waals surface area contributed by atoms with Gasteiger partial charge in [0.15, 0.2) is 5.69 Å². The maximum atomic E-state index is 12.6. The number of nitrogens with one attached hydrogen (secondary N) is 1. The van der Waals surface area contributed by atoms with Crippen LogP contribution in [0.3, 0.4) is 0 Å². The average Bonchev–Trinajstić information content (AvgIpc) is 2.96. The van der Waals surface area contributed by atoms with Crippen molar-refractivity contribution < 1.29 is 14.1 Å². The van der Waals surface area contributed by atoms with Crippen molar-refractivity contribution in [2.75, 3.05) is 20.1 Å². The van der Waals surface area contributed by atoms with Crippen LogP contribution in [0.5, 0.6) is 5.75 Å². The molecule has 25 heavy (non-hydrogen) atoms. The van der Waals surface area contributed by atoms with E-state index in [9.17, 15) is 4.79 Å². The van der Waals surface area contributed by atoms with Gasteiger partial charge >= 0.3 is 0 Å². The van der Waals surface area contributed by atoms with Crippen molar-refractivity contribution in [1.29, 1.82) is 0 Å². The van der Waals surface area contributed by atoms with Crippen LogP contribution in [0.4, 0.5) is 0 Å². The van der Waals surface area contributed by atoms with Gasteiger partial charge < -0.3 is 19.5 Å². The Morgan fingerprint density at radius 1 is 1.44 bits per heavy atom. The zero-order valence-corrected chi connectivity index (χ0v) is 15.2. The molecule has 1 aliphatic rings. The largest absolute Gasteiger partial charge is 0.489 e. The van der Waals surface area contributed by atoms with E-state index in [0.29, 0.717) is 27.8 Å². The minimum Gasteiger partial charge on any atom is -0.489 e. The molecule has 134 valence electrons. The molecule has 2 aromatic rings. The summed E-state index contributed by atoms with van der Waals surface area (Å²) in [6, 6.07) is 7.29. The normalized spacial score (nSPS) is 16.0. The first-order valence-corrected chi connectivity index (χ1v) is 8.73. The van der Waals surface area contributed by atoms with Gasteiger partial charge in [-0.1, -0.05) is 22.8 Å². The average molecular weight is 364 g/mol. The molecule has 0 atom stereocenters. The Bertz CT molecular complexity index is 739. The molecule has 0 bridgehead atoms. The van der Waals surface area contributed by atoms with Crippen LogP contribution in [0.2, 0.25) is 5.02 Å². The third-order valence-electron chi connectivity index (χ3n) is 4.43. The van der Waals surface area contributed by atoms with Gasteiger partial charge in [0.1, 0.15) is 18.1 Å². The first-order valence-electron chi connectivity index (χ1n) is 8.36. The van der Waals surface area contributed by atoms with Gasteiger partial charge in [-0.15, -0.1) is 0 Å². The summed E-state index contributed by atoms with van der Waals surface area (Å²) in [6.07, 6.45) is 1.88. The number of likely N-dealkylation sites (tertiary alicyclic amines) is 1. The van der Waals surface area contributed by atoms with Gasteiger partial charge in [0.2, 0.25) is 0 Å². The van der Waals surface area contributed by atoms with Crippen molar-refractivity contribution in [2.24, 2.45) is 0 Å². The van der Waals surface area contributed by atoms with Crippen molar-refractivity contribution in [3.63, 3.8) is 0 Å². The van der Waals surface area contributed by atoms with Gasteiger partial charge in [-0.05, 0) is 58.1 Å². The number of ether oxygens (including phenoxy) is 1. The molecular weight excluding hydrogens is 342 g/mol. The summed E-state index contributed by atoms with van der Waals surface area (Å²) in [7, 11) is 2.09. The topological polar surface area (TPSA) is 67.6 Å². The predicted octanol–water partition coefficient (Wildman–Crippen LogP) is 3.04. The molecule has 6 nitrogen and oxygen atoms in total. The third-order valence-corrected chi connectivity index (χ3v) is 4.67. The number of nitrogens with zero attached hydrogens (tertiary/aromatic N) is 2. The van der Waals surface area contributed by atoms with E-state index >= 15 is 0 Å². The number of benzene rings is 1. The molecule has 7 heteroatoms. The van der Waals surface area contributed by atoms with Crippen LogP contribution < -0.4 is 10.1 Å². The monoisotopic (exact) mass is 363 g/mol. The van der Waals surface area contributed by atoms with E-state index in [1.807, 2.05) is 12.1 Å². The number of amides is 1. The summed E-state index contributed by atoms with van der Waals surface area (Å²) < 4.78 is 10.9. The van der Waals surface area contributed by atoms with Crippen LogP contribution in [0.15, 0.2) is 28.8 Å². The zero-order chi connectivity index (χ0) is 17.8. The van der Waals surface area contributed by atoms with Gasteiger partial charge in [0, 0.05) is 11.1 Å². The minimum atomic E-state index is -0.212. The fourth-order valence-electron chi connectivity index (χ4n) is 2.86. The first kappa shape index (κ1) is 17.8. The van der Waals surface area contributed by atoms with Gasteiger partial charge in [-0.25, -0.2) is 0 Å². The summed E-state index contributed by atoms with van der Waals surface area (Å²) in [5.74, 6) is 1.00. The second-order valence-corrected chi connectivity index (χ2v) is 6.80. The summed E-state index contributed by atoms with van der Waals surface area (Å²) in [4.78, 5) is 14.8. The minimum absolute atomic E-state index is 0.169. The number of rotatable bonds is 5. The van der Waals surface area contributed by atoms with Crippen molar-refractivity contribution in [1.82, 2.24) is 15.4 Å². The number of carbonyl (C=O) groups is 1. The first-order chi connectivity index (χ1) is 12.0. The van der Waals surface area contributed by atoms with Gasteiger partial charge in [-0.3, -0.25) is 4.79 Å². The molecule has 1 saturated heterocycles. The van der Waals surface area contributed by atoms with Crippen LogP contribution in [-0.4, -0.2) is 42.1 Å². The Morgan fingerprint density at radius 2 is 2.20 bits per heavy atom. The standard InChI is InChI=1S/C18H22ClN3O3/c1-12-16(11-24-15-5-3-4-13(19)10-15)17(21-25-12)18(23)20-14-6-8-22(2)9-7-14/h3-5,10,14H,6-9,11H2,1-2H3,(H,20,23). The van der Waals surface area contributed by atoms with E-state index < -0.39 is 0 Å². The van der Waals surface area contributed by atoms with Gasteiger partial charge in [0.25, 0.3) is 5.91 Å². The Balaban J connectivity index is 1.65.